The molecule has 3 rings (SSSR count). The van der Waals surface area contributed by atoms with E-state index in [-0.39, 0.29) is 17.8 Å². The van der Waals surface area contributed by atoms with Gasteiger partial charge < -0.3 is 9.64 Å². The van der Waals surface area contributed by atoms with Crippen molar-refractivity contribution in [1.82, 2.24) is 4.90 Å². The van der Waals surface area contributed by atoms with Crippen molar-refractivity contribution in [3.63, 3.8) is 0 Å². The minimum Gasteiger partial charge on any atom is -0.376 e. The van der Waals surface area contributed by atoms with Gasteiger partial charge in [-0.15, -0.1) is 0 Å². The molecule has 2 aromatic rings. The van der Waals surface area contributed by atoms with Crippen LogP contribution in [0.15, 0.2) is 54.6 Å². The monoisotopic (exact) mass is 353 g/mol. The second-order valence-corrected chi connectivity index (χ2v) is 6.72. The fraction of sp³-hybridized carbons (Fsp3) is 0.318. The summed E-state index contributed by atoms with van der Waals surface area (Å²) in [6, 6.07) is 14.3. The van der Waals surface area contributed by atoms with Crippen LogP contribution >= 0.6 is 0 Å². The van der Waals surface area contributed by atoms with Gasteiger partial charge in [0.15, 0.2) is 0 Å². The van der Waals surface area contributed by atoms with Crippen molar-refractivity contribution in [3.8, 4) is 0 Å². The van der Waals surface area contributed by atoms with E-state index < -0.39 is 0 Å². The molecule has 0 radical (unpaired) electrons. The molecule has 1 atom stereocenters. The molecule has 2 aromatic carbocycles. The van der Waals surface area contributed by atoms with Gasteiger partial charge in [0.2, 0.25) is 5.91 Å². The van der Waals surface area contributed by atoms with Crippen LogP contribution < -0.4 is 0 Å². The molecule has 1 heterocycles. The normalized spacial score (nSPS) is 16.9. The maximum absolute atomic E-state index is 13.1. The summed E-state index contributed by atoms with van der Waals surface area (Å²) >= 11 is 0. The maximum atomic E-state index is 13.1. The van der Waals surface area contributed by atoms with Gasteiger partial charge in [0.25, 0.3) is 0 Å². The molecule has 1 amide bonds. The Morgan fingerprint density at radius 3 is 2.58 bits per heavy atom. The van der Waals surface area contributed by atoms with Gasteiger partial charge >= 0.3 is 0 Å². The van der Waals surface area contributed by atoms with Crippen molar-refractivity contribution in [2.24, 2.45) is 0 Å². The van der Waals surface area contributed by atoms with Crippen molar-refractivity contribution in [3.05, 3.63) is 77.1 Å². The summed E-state index contributed by atoms with van der Waals surface area (Å²) in [5, 5.41) is 0. The average molecular weight is 353 g/mol. The average Bonchev–Trinajstić information content (AvgIpc) is 3.15. The van der Waals surface area contributed by atoms with E-state index in [9.17, 15) is 9.18 Å². The molecule has 1 fully saturated rings. The summed E-state index contributed by atoms with van der Waals surface area (Å²) in [6.45, 7) is 3.78. The first-order valence-electron chi connectivity index (χ1n) is 9.00. The molecular formula is C22H24FNO2. The Hall–Kier alpha value is -2.46. The highest BCUT2D eigenvalue weighted by Crippen LogP contribution is 2.16. The van der Waals surface area contributed by atoms with Crippen LogP contribution in [0.1, 0.15) is 29.5 Å². The lowest BCUT2D eigenvalue weighted by atomic mass is 10.1. The van der Waals surface area contributed by atoms with Crippen LogP contribution in [0.2, 0.25) is 0 Å². The van der Waals surface area contributed by atoms with Crippen LogP contribution in [-0.4, -0.2) is 30.1 Å². The van der Waals surface area contributed by atoms with Crippen LogP contribution in [-0.2, 0) is 16.1 Å². The number of hydrogen-bond acceptors (Lipinski definition) is 2. The number of ether oxygens (including phenoxy) is 1. The van der Waals surface area contributed by atoms with Gasteiger partial charge in [0.05, 0.1) is 6.10 Å². The Labute approximate surface area is 154 Å². The largest absolute Gasteiger partial charge is 0.376 e. The number of nitrogens with zero attached hydrogens (tertiary/aromatic N) is 1. The molecule has 0 saturated carbocycles. The molecule has 0 spiro atoms. The number of carbonyl (C=O) groups is 1. The summed E-state index contributed by atoms with van der Waals surface area (Å²) in [4.78, 5) is 14.5. The van der Waals surface area contributed by atoms with Gasteiger partial charge in [0.1, 0.15) is 5.82 Å². The zero-order chi connectivity index (χ0) is 18.4. The maximum Gasteiger partial charge on any atom is 0.246 e. The number of amides is 1. The quantitative estimate of drug-likeness (QED) is 0.723. The predicted octanol–water partition coefficient (Wildman–Crippen LogP) is 4.36. The first-order chi connectivity index (χ1) is 12.6. The molecule has 0 aromatic heterocycles. The Morgan fingerprint density at radius 1 is 1.19 bits per heavy atom. The first-order valence-corrected chi connectivity index (χ1v) is 9.00. The molecule has 1 aliphatic heterocycles. The van der Waals surface area contributed by atoms with E-state index >= 15 is 0 Å². The van der Waals surface area contributed by atoms with Crippen LogP contribution in [0.5, 0.6) is 0 Å². The number of carbonyl (C=O) groups excluding carboxylic acids is 1. The zero-order valence-corrected chi connectivity index (χ0v) is 15.0. The smallest absolute Gasteiger partial charge is 0.246 e. The number of benzene rings is 2. The van der Waals surface area contributed by atoms with E-state index in [4.69, 9.17) is 4.74 Å². The standard InChI is InChI=1S/C22H24FNO2/c1-17-4-6-18(7-5-17)10-13-22(25)24(16-21-3-2-14-26-21)15-19-8-11-20(23)12-9-19/h4-13,21H,2-3,14-16H2,1H3/b13-10+. The lowest BCUT2D eigenvalue weighted by Crippen LogP contribution is -2.35. The van der Waals surface area contributed by atoms with Gasteiger partial charge in [-0.1, -0.05) is 42.0 Å². The van der Waals surface area contributed by atoms with E-state index in [1.807, 2.05) is 37.3 Å². The molecule has 1 aliphatic rings. The fourth-order valence-electron chi connectivity index (χ4n) is 3.03. The Kier molecular flexibility index (Phi) is 6.18. The lowest BCUT2D eigenvalue weighted by Gasteiger charge is -2.24. The Balaban J connectivity index is 1.71. The fourth-order valence-corrected chi connectivity index (χ4v) is 3.03. The number of halogens is 1. The Morgan fingerprint density at radius 2 is 1.92 bits per heavy atom. The summed E-state index contributed by atoms with van der Waals surface area (Å²) in [6.07, 6.45) is 5.50. The molecule has 3 nitrogen and oxygen atoms in total. The number of aryl methyl sites for hydroxylation is 1. The van der Waals surface area contributed by atoms with Crippen molar-refractivity contribution in [1.29, 1.82) is 0 Å². The minimum atomic E-state index is -0.273. The van der Waals surface area contributed by atoms with E-state index in [1.165, 1.54) is 17.7 Å². The van der Waals surface area contributed by atoms with Crippen molar-refractivity contribution < 1.29 is 13.9 Å². The lowest BCUT2D eigenvalue weighted by molar-refractivity contribution is -0.128. The molecule has 0 bridgehead atoms. The molecule has 0 N–H and O–H groups in total. The third kappa shape index (κ3) is 5.27. The summed E-state index contributed by atoms with van der Waals surface area (Å²) in [5.74, 6) is -0.338. The third-order valence-electron chi connectivity index (χ3n) is 4.54. The molecule has 4 heteroatoms. The Bertz CT molecular complexity index is 747. The van der Waals surface area contributed by atoms with Gasteiger partial charge in [-0.2, -0.15) is 0 Å². The van der Waals surface area contributed by atoms with Crippen LogP contribution in [0, 0.1) is 12.7 Å². The second kappa shape index (κ2) is 8.77. The van der Waals surface area contributed by atoms with Gasteiger partial charge in [-0.05, 0) is 49.1 Å². The van der Waals surface area contributed by atoms with Crippen molar-refractivity contribution >= 4 is 12.0 Å². The molecule has 1 saturated heterocycles. The second-order valence-electron chi connectivity index (χ2n) is 6.72. The minimum absolute atomic E-state index is 0.0644. The van der Waals surface area contributed by atoms with Crippen molar-refractivity contribution in [2.45, 2.75) is 32.4 Å². The predicted molar refractivity (Wildman–Crippen MR) is 101 cm³/mol. The molecule has 0 aliphatic carbocycles. The SMILES string of the molecule is Cc1ccc(/C=C/C(=O)N(Cc2ccc(F)cc2)CC2CCCO2)cc1. The van der Waals surface area contributed by atoms with Gasteiger partial charge in [-0.3, -0.25) is 4.79 Å². The highest BCUT2D eigenvalue weighted by Gasteiger charge is 2.21. The molecule has 1 unspecified atom stereocenters. The molecule has 136 valence electrons. The van der Waals surface area contributed by atoms with E-state index in [0.29, 0.717) is 13.1 Å². The van der Waals surface area contributed by atoms with Crippen LogP contribution in [0.25, 0.3) is 6.08 Å². The summed E-state index contributed by atoms with van der Waals surface area (Å²) < 4.78 is 18.8. The van der Waals surface area contributed by atoms with Crippen LogP contribution in [0.4, 0.5) is 4.39 Å². The van der Waals surface area contributed by atoms with E-state index in [1.54, 1.807) is 23.1 Å². The highest BCUT2D eigenvalue weighted by molar-refractivity contribution is 5.91. The van der Waals surface area contributed by atoms with Crippen LogP contribution in [0.3, 0.4) is 0 Å². The third-order valence-corrected chi connectivity index (χ3v) is 4.54. The van der Waals surface area contributed by atoms with Gasteiger partial charge in [-0.25, -0.2) is 4.39 Å². The first kappa shape index (κ1) is 18.3. The van der Waals surface area contributed by atoms with E-state index in [2.05, 4.69) is 0 Å². The summed E-state index contributed by atoms with van der Waals surface area (Å²) in [7, 11) is 0. The number of rotatable bonds is 6. The zero-order valence-electron chi connectivity index (χ0n) is 15.0. The highest BCUT2D eigenvalue weighted by atomic mass is 19.1. The number of hydrogen-bond donors (Lipinski definition) is 0. The van der Waals surface area contributed by atoms with Gasteiger partial charge in [0, 0.05) is 25.8 Å². The molecule has 26 heavy (non-hydrogen) atoms. The molecular weight excluding hydrogens is 329 g/mol. The topological polar surface area (TPSA) is 29.5 Å². The van der Waals surface area contributed by atoms with E-state index in [0.717, 1.165) is 30.6 Å². The van der Waals surface area contributed by atoms with Crippen molar-refractivity contribution in [2.75, 3.05) is 13.2 Å². The summed E-state index contributed by atoms with van der Waals surface area (Å²) in [5.41, 5.74) is 3.08.